The van der Waals surface area contributed by atoms with Crippen LogP contribution < -0.4 is 5.32 Å². The Morgan fingerprint density at radius 3 is 2.72 bits per heavy atom. The number of hydrogen-bond acceptors (Lipinski definition) is 4. The number of nitrogens with one attached hydrogen (secondary N) is 1. The minimum Gasteiger partial charge on any atom is -0.421 e. The van der Waals surface area contributed by atoms with Gasteiger partial charge in [-0.2, -0.15) is 0 Å². The lowest BCUT2D eigenvalue weighted by Gasteiger charge is -1.98. The molecule has 1 saturated carbocycles. The van der Waals surface area contributed by atoms with E-state index in [1.165, 1.54) is 12.8 Å². The van der Waals surface area contributed by atoms with Crippen molar-refractivity contribution in [1.29, 1.82) is 0 Å². The van der Waals surface area contributed by atoms with Crippen molar-refractivity contribution in [2.75, 3.05) is 6.54 Å². The smallest absolute Gasteiger partial charge is 0.247 e. The predicted molar refractivity (Wildman–Crippen MR) is 72.2 cm³/mol. The van der Waals surface area contributed by atoms with E-state index in [-0.39, 0.29) is 0 Å². The van der Waals surface area contributed by atoms with Gasteiger partial charge in [-0.25, -0.2) is 0 Å². The zero-order valence-electron chi connectivity index (χ0n) is 9.90. The van der Waals surface area contributed by atoms with Crippen LogP contribution in [0.5, 0.6) is 0 Å². The molecule has 1 aromatic carbocycles. The number of benzene rings is 1. The third-order valence-corrected chi connectivity index (χ3v) is 3.44. The lowest BCUT2D eigenvalue weighted by molar-refractivity contribution is 0.494. The summed E-state index contributed by atoms with van der Waals surface area (Å²) in [5.74, 6) is 1.28. The Labute approximate surface area is 114 Å². The highest BCUT2D eigenvalue weighted by atomic mass is 79.9. The van der Waals surface area contributed by atoms with E-state index in [4.69, 9.17) is 4.42 Å². The van der Waals surface area contributed by atoms with Crippen LogP contribution in [0.2, 0.25) is 0 Å². The van der Waals surface area contributed by atoms with Crippen molar-refractivity contribution in [2.45, 2.75) is 25.3 Å². The lowest BCUT2D eigenvalue weighted by atomic mass is 10.2. The van der Waals surface area contributed by atoms with E-state index in [1.54, 1.807) is 0 Å². The van der Waals surface area contributed by atoms with Crippen LogP contribution >= 0.6 is 15.9 Å². The van der Waals surface area contributed by atoms with E-state index in [0.717, 1.165) is 29.0 Å². The fourth-order valence-electron chi connectivity index (χ4n) is 1.73. The van der Waals surface area contributed by atoms with Crippen molar-refractivity contribution in [1.82, 2.24) is 15.5 Å². The van der Waals surface area contributed by atoms with E-state index in [2.05, 4.69) is 31.4 Å². The fraction of sp³-hybridized carbons (Fsp3) is 0.385. The maximum absolute atomic E-state index is 5.63. The molecule has 94 valence electrons. The van der Waals surface area contributed by atoms with Crippen LogP contribution in [0.15, 0.2) is 33.2 Å². The molecule has 5 heteroatoms. The van der Waals surface area contributed by atoms with E-state index < -0.39 is 0 Å². The summed E-state index contributed by atoms with van der Waals surface area (Å²) < 4.78 is 6.68. The normalized spacial score (nSPS) is 14.9. The van der Waals surface area contributed by atoms with Crippen LogP contribution in [0.25, 0.3) is 11.5 Å². The van der Waals surface area contributed by atoms with Gasteiger partial charge >= 0.3 is 0 Å². The predicted octanol–water partition coefficient (Wildman–Crippen LogP) is 2.79. The van der Waals surface area contributed by atoms with E-state index in [1.807, 2.05) is 24.3 Å². The van der Waals surface area contributed by atoms with Gasteiger partial charge in [0.25, 0.3) is 0 Å². The van der Waals surface area contributed by atoms with Gasteiger partial charge in [0.05, 0.1) is 0 Å². The highest BCUT2D eigenvalue weighted by Crippen LogP contribution is 2.21. The van der Waals surface area contributed by atoms with Crippen LogP contribution in [-0.4, -0.2) is 22.8 Å². The van der Waals surface area contributed by atoms with Crippen molar-refractivity contribution >= 4 is 15.9 Å². The van der Waals surface area contributed by atoms with Gasteiger partial charge < -0.3 is 9.73 Å². The molecular weight excluding hydrogens is 294 g/mol. The van der Waals surface area contributed by atoms with E-state index >= 15 is 0 Å². The Kier molecular flexibility index (Phi) is 3.43. The molecule has 0 spiro atoms. The highest BCUT2D eigenvalue weighted by molar-refractivity contribution is 9.10. The molecule has 0 atom stereocenters. The van der Waals surface area contributed by atoms with Crippen LogP contribution in [0.1, 0.15) is 18.7 Å². The summed E-state index contributed by atoms with van der Waals surface area (Å²) in [7, 11) is 0. The molecule has 0 saturated heterocycles. The van der Waals surface area contributed by atoms with E-state index in [9.17, 15) is 0 Å². The van der Waals surface area contributed by atoms with Gasteiger partial charge in [-0.3, -0.25) is 0 Å². The topological polar surface area (TPSA) is 51.0 Å². The largest absolute Gasteiger partial charge is 0.421 e. The summed E-state index contributed by atoms with van der Waals surface area (Å²) in [5.41, 5.74) is 0.951. The standard InChI is InChI=1S/C13H14BrN3O/c14-10-3-1-9(2-4-10)13-17-16-12(18-13)7-8-15-11-5-6-11/h1-4,11,15H,5-8H2. The van der Waals surface area contributed by atoms with Crippen LogP contribution in [-0.2, 0) is 6.42 Å². The van der Waals surface area contributed by atoms with Gasteiger partial charge in [0.15, 0.2) is 0 Å². The average Bonchev–Trinajstić information content (AvgIpc) is 3.08. The first-order chi connectivity index (χ1) is 8.81. The zero-order chi connectivity index (χ0) is 12.4. The first-order valence-electron chi connectivity index (χ1n) is 6.13. The molecule has 4 nitrogen and oxygen atoms in total. The Balaban J connectivity index is 1.62. The van der Waals surface area contributed by atoms with Crippen molar-refractivity contribution in [3.8, 4) is 11.5 Å². The second kappa shape index (κ2) is 5.20. The van der Waals surface area contributed by atoms with Gasteiger partial charge in [-0.05, 0) is 37.1 Å². The van der Waals surface area contributed by atoms with Crippen molar-refractivity contribution in [2.24, 2.45) is 0 Å². The van der Waals surface area contributed by atoms with Crippen molar-refractivity contribution in [3.63, 3.8) is 0 Å². The summed E-state index contributed by atoms with van der Waals surface area (Å²) in [4.78, 5) is 0. The third-order valence-electron chi connectivity index (χ3n) is 2.91. The molecule has 1 aliphatic rings. The van der Waals surface area contributed by atoms with Gasteiger partial charge in [0.2, 0.25) is 11.8 Å². The van der Waals surface area contributed by atoms with Crippen LogP contribution in [0.4, 0.5) is 0 Å². The van der Waals surface area contributed by atoms with Crippen molar-refractivity contribution < 1.29 is 4.42 Å². The second-order valence-electron chi connectivity index (χ2n) is 4.49. The first-order valence-corrected chi connectivity index (χ1v) is 6.92. The molecule has 1 aromatic heterocycles. The molecule has 2 aromatic rings. The average molecular weight is 308 g/mol. The summed E-state index contributed by atoms with van der Waals surface area (Å²) in [6.07, 6.45) is 3.39. The fourth-order valence-corrected chi connectivity index (χ4v) is 2.00. The van der Waals surface area contributed by atoms with Gasteiger partial charge in [0.1, 0.15) is 0 Å². The summed E-state index contributed by atoms with van der Waals surface area (Å²) in [6.45, 7) is 0.909. The first kappa shape index (κ1) is 11.9. The van der Waals surface area contributed by atoms with Gasteiger partial charge in [-0.15, -0.1) is 10.2 Å². The Bertz CT molecular complexity index is 519. The minimum atomic E-state index is 0.587. The van der Waals surface area contributed by atoms with E-state index in [0.29, 0.717) is 11.8 Å². The van der Waals surface area contributed by atoms with Gasteiger partial charge in [0, 0.05) is 29.0 Å². The quantitative estimate of drug-likeness (QED) is 0.923. The van der Waals surface area contributed by atoms with Crippen LogP contribution in [0, 0.1) is 0 Å². The van der Waals surface area contributed by atoms with Crippen molar-refractivity contribution in [3.05, 3.63) is 34.6 Å². The molecule has 3 rings (SSSR count). The molecule has 0 unspecified atom stereocenters. The Morgan fingerprint density at radius 1 is 1.22 bits per heavy atom. The second-order valence-corrected chi connectivity index (χ2v) is 5.40. The molecule has 1 fully saturated rings. The minimum absolute atomic E-state index is 0.587. The zero-order valence-corrected chi connectivity index (χ0v) is 11.5. The summed E-state index contributed by atoms with van der Waals surface area (Å²) >= 11 is 3.40. The Hall–Kier alpha value is -1.20. The number of hydrogen-bond donors (Lipinski definition) is 1. The maximum Gasteiger partial charge on any atom is 0.247 e. The SMILES string of the molecule is Brc1ccc(-c2nnc(CCNC3CC3)o2)cc1. The number of rotatable bonds is 5. The molecule has 0 radical (unpaired) electrons. The molecule has 0 bridgehead atoms. The lowest BCUT2D eigenvalue weighted by Crippen LogP contribution is -2.19. The number of aromatic nitrogens is 2. The molecule has 0 aliphatic heterocycles. The van der Waals surface area contributed by atoms with Crippen LogP contribution in [0.3, 0.4) is 0 Å². The molecule has 18 heavy (non-hydrogen) atoms. The molecule has 1 N–H and O–H groups in total. The molecular formula is C13H14BrN3O. The number of nitrogens with zero attached hydrogens (tertiary/aromatic N) is 2. The molecule has 0 amide bonds. The number of halogens is 1. The molecule has 1 aliphatic carbocycles. The Morgan fingerprint density at radius 2 is 2.00 bits per heavy atom. The summed E-state index contributed by atoms with van der Waals surface area (Å²) in [6, 6.07) is 8.58. The highest BCUT2D eigenvalue weighted by Gasteiger charge is 2.20. The third kappa shape index (κ3) is 2.97. The monoisotopic (exact) mass is 307 g/mol. The maximum atomic E-state index is 5.63. The summed E-state index contributed by atoms with van der Waals surface area (Å²) in [5, 5.41) is 11.6. The van der Waals surface area contributed by atoms with Gasteiger partial charge in [-0.1, -0.05) is 15.9 Å². The molecule has 1 heterocycles.